The lowest BCUT2D eigenvalue weighted by Gasteiger charge is -2.08. The van der Waals surface area contributed by atoms with E-state index < -0.39 is 15.8 Å². The molecule has 0 aromatic heterocycles. The van der Waals surface area contributed by atoms with Crippen molar-refractivity contribution >= 4 is 10.0 Å². The van der Waals surface area contributed by atoms with Gasteiger partial charge in [-0.05, 0) is 30.5 Å². The summed E-state index contributed by atoms with van der Waals surface area (Å²) in [5, 5.41) is 8.68. The number of nitrogens with one attached hydrogen (secondary N) is 1. The van der Waals surface area contributed by atoms with Gasteiger partial charge in [-0.2, -0.15) is 0 Å². The Morgan fingerprint density at radius 1 is 1.50 bits per heavy atom. The molecule has 108 valence electrons. The normalized spacial score (nSPS) is 21.1. The van der Waals surface area contributed by atoms with E-state index in [9.17, 15) is 12.8 Å². The van der Waals surface area contributed by atoms with Gasteiger partial charge in [-0.3, -0.25) is 0 Å². The minimum atomic E-state index is -3.70. The first-order chi connectivity index (χ1) is 9.44. The molecule has 0 spiro atoms. The predicted octanol–water partition coefficient (Wildman–Crippen LogP) is 1.25. The van der Waals surface area contributed by atoms with Gasteiger partial charge >= 0.3 is 0 Å². The Morgan fingerprint density at radius 2 is 2.20 bits per heavy atom. The Balaban J connectivity index is 2.33. The topological polar surface area (TPSA) is 66.4 Å². The molecule has 2 atom stereocenters. The van der Waals surface area contributed by atoms with E-state index >= 15 is 0 Å². The maximum Gasteiger partial charge on any atom is 0.242 e. The zero-order valence-corrected chi connectivity index (χ0v) is 11.9. The summed E-state index contributed by atoms with van der Waals surface area (Å²) in [5.74, 6) is 4.99. The Labute approximate surface area is 118 Å². The number of hydrogen-bond donors (Lipinski definition) is 2. The van der Waals surface area contributed by atoms with Crippen LogP contribution in [0.15, 0.2) is 23.1 Å². The van der Waals surface area contributed by atoms with Crippen LogP contribution >= 0.6 is 0 Å². The summed E-state index contributed by atoms with van der Waals surface area (Å²) >= 11 is 0. The molecule has 20 heavy (non-hydrogen) atoms. The minimum Gasteiger partial charge on any atom is -0.395 e. The van der Waals surface area contributed by atoms with Gasteiger partial charge in [0.2, 0.25) is 10.0 Å². The van der Waals surface area contributed by atoms with Gasteiger partial charge in [0.1, 0.15) is 5.82 Å². The van der Waals surface area contributed by atoms with Crippen molar-refractivity contribution in [2.75, 3.05) is 6.61 Å². The number of rotatable bonds is 4. The van der Waals surface area contributed by atoms with Gasteiger partial charge in [0, 0.05) is 18.0 Å². The van der Waals surface area contributed by atoms with Crippen molar-refractivity contribution in [2.24, 2.45) is 5.92 Å². The number of halogens is 1. The fourth-order valence-corrected chi connectivity index (χ4v) is 3.30. The van der Waals surface area contributed by atoms with Crippen LogP contribution in [0, 0.1) is 23.6 Å². The monoisotopic (exact) mass is 297 g/mol. The largest absolute Gasteiger partial charge is 0.395 e. The molecule has 2 unspecified atom stereocenters. The highest BCUT2D eigenvalue weighted by Crippen LogP contribution is 2.31. The third-order valence-electron chi connectivity index (χ3n) is 3.11. The maximum atomic E-state index is 13.2. The van der Waals surface area contributed by atoms with Crippen molar-refractivity contribution in [1.29, 1.82) is 0 Å². The van der Waals surface area contributed by atoms with Crippen molar-refractivity contribution in [1.82, 2.24) is 4.72 Å². The third-order valence-corrected chi connectivity index (χ3v) is 4.66. The molecule has 0 saturated heterocycles. The van der Waals surface area contributed by atoms with Crippen LogP contribution in [0.25, 0.3) is 0 Å². The summed E-state index contributed by atoms with van der Waals surface area (Å²) < 4.78 is 40.3. The average molecular weight is 297 g/mol. The van der Waals surface area contributed by atoms with Crippen molar-refractivity contribution in [3.05, 3.63) is 29.6 Å². The number of hydrogen-bond acceptors (Lipinski definition) is 3. The summed E-state index contributed by atoms with van der Waals surface area (Å²) in [6, 6.07) is 3.36. The number of sulfonamides is 1. The highest BCUT2D eigenvalue weighted by atomic mass is 32.2. The number of benzene rings is 1. The van der Waals surface area contributed by atoms with Gasteiger partial charge in [-0.1, -0.05) is 18.8 Å². The van der Waals surface area contributed by atoms with Gasteiger partial charge in [0.05, 0.1) is 11.5 Å². The maximum absolute atomic E-state index is 13.2. The Kier molecular flexibility index (Phi) is 4.43. The van der Waals surface area contributed by atoms with Gasteiger partial charge in [-0.25, -0.2) is 17.5 Å². The molecule has 0 aliphatic heterocycles. The van der Waals surface area contributed by atoms with Gasteiger partial charge in [0.25, 0.3) is 0 Å². The van der Waals surface area contributed by atoms with E-state index in [1.807, 2.05) is 6.92 Å². The molecule has 0 radical (unpaired) electrons. The van der Waals surface area contributed by atoms with Crippen molar-refractivity contribution < 1.29 is 17.9 Å². The van der Waals surface area contributed by atoms with Crippen LogP contribution in [0.5, 0.6) is 0 Å². The molecular formula is C14H16FNO3S. The van der Waals surface area contributed by atoms with E-state index in [0.717, 1.165) is 18.6 Å². The zero-order valence-electron chi connectivity index (χ0n) is 11.1. The first-order valence-corrected chi connectivity index (χ1v) is 7.84. The third kappa shape index (κ3) is 3.57. The Morgan fingerprint density at radius 3 is 2.80 bits per heavy atom. The lowest BCUT2D eigenvalue weighted by atomic mass is 10.2. The molecule has 1 fully saturated rings. The molecule has 2 rings (SSSR count). The quantitative estimate of drug-likeness (QED) is 0.822. The lowest BCUT2D eigenvalue weighted by molar-refractivity contribution is 0.305. The standard InChI is InChI=1S/C14H16FNO3S/c1-10-8-13(10)16-20(18,19)14-6-5-12(15)9-11(14)4-2-3-7-17/h5-6,9-10,13,16-17H,3,7-8H2,1H3. The molecular weight excluding hydrogens is 281 g/mol. The van der Waals surface area contributed by atoms with Crippen molar-refractivity contribution in [3.8, 4) is 11.8 Å². The first-order valence-electron chi connectivity index (χ1n) is 6.35. The molecule has 0 amide bonds. The second-order valence-corrected chi connectivity index (χ2v) is 6.54. The van der Waals surface area contributed by atoms with Crippen LogP contribution in [0.2, 0.25) is 0 Å². The van der Waals surface area contributed by atoms with Crippen molar-refractivity contribution in [2.45, 2.75) is 30.7 Å². The fourth-order valence-electron chi connectivity index (χ4n) is 1.80. The SMILES string of the molecule is CC1CC1NS(=O)(=O)c1ccc(F)cc1C#CCCO. The van der Waals surface area contributed by atoms with E-state index in [-0.39, 0.29) is 29.5 Å². The Bertz CT molecular complexity index is 661. The zero-order chi connectivity index (χ0) is 14.8. The van der Waals surface area contributed by atoms with E-state index in [2.05, 4.69) is 16.6 Å². The Hall–Kier alpha value is -1.42. The summed E-state index contributed by atoms with van der Waals surface area (Å²) in [6.07, 6.45) is 1.02. The van der Waals surface area contributed by atoms with Crippen molar-refractivity contribution in [3.63, 3.8) is 0 Å². The van der Waals surface area contributed by atoms with Gasteiger partial charge in [-0.15, -0.1) is 0 Å². The molecule has 0 heterocycles. The van der Waals surface area contributed by atoms with E-state index in [4.69, 9.17) is 5.11 Å². The van der Waals surface area contributed by atoms with Crippen LogP contribution in [-0.2, 0) is 10.0 Å². The summed E-state index contributed by atoms with van der Waals surface area (Å²) in [7, 11) is -3.70. The van der Waals surface area contributed by atoms with E-state index in [0.29, 0.717) is 5.92 Å². The fraction of sp³-hybridized carbons (Fsp3) is 0.429. The lowest BCUT2D eigenvalue weighted by Crippen LogP contribution is -2.27. The summed E-state index contributed by atoms with van der Waals surface area (Å²) in [5.41, 5.74) is 0.110. The first kappa shape index (κ1) is 15.0. The van der Waals surface area contributed by atoms with Crippen LogP contribution in [-0.4, -0.2) is 26.2 Å². The molecule has 0 bridgehead atoms. The summed E-state index contributed by atoms with van der Waals surface area (Å²) in [6.45, 7) is 1.84. The summed E-state index contributed by atoms with van der Waals surface area (Å²) in [4.78, 5) is -0.0246. The molecule has 1 saturated carbocycles. The second-order valence-electron chi connectivity index (χ2n) is 4.86. The predicted molar refractivity (Wildman–Crippen MR) is 72.9 cm³/mol. The average Bonchev–Trinajstić information content (AvgIpc) is 3.04. The van der Waals surface area contributed by atoms with Crippen LogP contribution in [0.4, 0.5) is 4.39 Å². The smallest absolute Gasteiger partial charge is 0.242 e. The molecule has 1 aromatic rings. The van der Waals surface area contributed by atoms with Crippen LogP contribution < -0.4 is 4.72 Å². The molecule has 4 nitrogen and oxygen atoms in total. The van der Waals surface area contributed by atoms with Gasteiger partial charge in [0.15, 0.2) is 0 Å². The van der Waals surface area contributed by atoms with Crippen LogP contribution in [0.3, 0.4) is 0 Å². The highest BCUT2D eigenvalue weighted by molar-refractivity contribution is 7.89. The molecule has 1 aliphatic carbocycles. The van der Waals surface area contributed by atoms with E-state index in [1.165, 1.54) is 6.07 Å². The molecule has 1 aliphatic rings. The molecule has 1 aromatic carbocycles. The number of aliphatic hydroxyl groups excluding tert-OH is 1. The molecule has 2 N–H and O–H groups in total. The second kappa shape index (κ2) is 5.92. The highest BCUT2D eigenvalue weighted by Gasteiger charge is 2.36. The number of aliphatic hydroxyl groups is 1. The van der Waals surface area contributed by atoms with Gasteiger partial charge < -0.3 is 5.11 Å². The van der Waals surface area contributed by atoms with Crippen LogP contribution in [0.1, 0.15) is 25.3 Å². The van der Waals surface area contributed by atoms with E-state index in [1.54, 1.807) is 0 Å². The molecule has 6 heteroatoms. The minimum absolute atomic E-state index is 0.0246.